The van der Waals surface area contributed by atoms with Gasteiger partial charge >= 0.3 is 0 Å². The fourth-order valence-electron chi connectivity index (χ4n) is 3.24. The van der Waals surface area contributed by atoms with E-state index in [1.54, 1.807) is 0 Å². The molecule has 0 spiro atoms. The summed E-state index contributed by atoms with van der Waals surface area (Å²) in [5, 5.41) is 8.92. The van der Waals surface area contributed by atoms with Crippen LogP contribution >= 0.6 is 11.6 Å². The Hall–Kier alpha value is -3.53. The van der Waals surface area contributed by atoms with E-state index >= 15 is 0 Å². The number of nitrogens with one attached hydrogen (secondary N) is 2. The van der Waals surface area contributed by atoms with Crippen LogP contribution in [0.5, 0.6) is 0 Å². The number of anilines is 1. The van der Waals surface area contributed by atoms with Crippen molar-refractivity contribution in [2.75, 3.05) is 4.72 Å². The number of hydroxylamine groups is 1. The summed E-state index contributed by atoms with van der Waals surface area (Å²) in [5.41, 5.74) is 2.17. The van der Waals surface area contributed by atoms with Gasteiger partial charge < -0.3 is 0 Å². The number of halogens is 1. The van der Waals surface area contributed by atoms with Crippen molar-refractivity contribution in [1.29, 1.82) is 0 Å². The summed E-state index contributed by atoms with van der Waals surface area (Å²) in [6.07, 6.45) is 0. The summed E-state index contributed by atoms with van der Waals surface area (Å²) >= 11 is 5.94. The Kier molecular flexibility index (Phi) is 5.10. The SMILES string of the molecule is O=C(NO)c1ccc(NS(=O)(=O)c2ccc3c(c2)C(=O)c2cc(Cl)ccc2C3=O)cc1. The number of benzene rings is 3. The van der Waals surface area contributed by atoms with Crippen LogP contribution in [0.25, 0.3) is 0 Å². The quantitative estimate of drug-likeness (QED) is 0.319. The lowest BCUT2D eigenvalue weighted by Gasteiger charge is -2.18. The van der Waals surface area contributed by atoms with Crippen LogP contribution in [0.3, 0.4) is 0 Å². The van der Waals surface area contributed by atoms with E-state index < -0.39 is 27.5 Å². The first-order chi connectivity index (χ1) is 14.7. The van der Waals surface area contributed by atoms with Gasteiger partial charge in [0.25, 0.3) is 15.9 Å². The number of fused-ring (bicyclic) bond motifs is 2. The highest BCUT2D eigenvalue weighted by molar-refractivity contribution is 7.92. The molecule has 0 saturated heterocycles. The first-order valence-corrected chi connectivity index (χ1v) is 10.7. The molecule has 0 atom stereocenters. The second-order valence-electron chi connectivity index (χ2n) is 6.68. The molecule has 0 aliphatic heterocycles. The molecule has 1 aliphatic carbocycles. The van der Waals surface area contributed by atoms with Crippen molar-refractivity contribution in [3.05, 3.63) is 93.5 Å². The Labute approximate surface area is 181 Å². The molecule has 1 amide bonds. The van der Waals surface area contributed by atoms with E-state index in [-0.39, 0.29) is 43.4 Å². The molecular formula is C21H13ClN2O6S. The average molecular weight is 457 g/mol. The third-order valence-electron chi connectivity index (χ3n) is 4.76. The molecule has 3 N–H and O–H groups in total. The molecule has 0 aromatic heterocycles. The molecule has 4 rings (SSSR count). The van der Waals surface area contributed by atoms with Gasteiger partial charge in [0.15, 0.2) is 11.6 Å². The zero-order chi connectivity index (χ0) is 22.3. The first-order valence-electron chi connectivity index (χ1n) is 8.81. The zero-order valence-corrected chi connectivity index (χ0v) is 17.1. The minimum atomic E-state index is -4.10. The van der Waals surface area contributed by atoms with Crippen LogP contribution < -0.4 is 10.2 Å². The molecule has 0 fully saturated rings. The topological polar surface area (TPSA) is 130 Å². The van der Waals surface area contributed by atoms with Crippen molar-refractivity contribution in [3.8, 4) is 0 Å². The maximum absolute atomic E-state index is 12.9. The van der Waals surface area contributed by atoms with Gasteiger partial charge in [-0.25, -0.2) is 13.9 Å². The second kappa shape index (κ2) is 7.62. The molecule has 3 aromatic rings. The van der Waals surface area contributed by atoms with Gasteiger partial charge in [-0.1, -0.05) is 11.6 Å². The molecule has 0 heterocycles. The third kappa shape index (κ3) is 3.70. The van der Waals surface area contributed by atoms with Crippen molar-refractivity contribution in [1.82, 2.24) is 5.48 Å². The van der Waals surface area contributed by atoms with Gasteiger partial charge in [-0.2, -0.15) is 0 Å². The fraction of sp³-hybridized carbons (Fsp3) is 0. The molecule has 10 heteroatoms. The lowest BCUT2D eigenvalue weighted by Crippen LogP contribution is -2.22. The molecule has 0 saturated carbocycles. The highest BCUT2D eigenvalue weighted by Crippen LogP contribution is 2.31. The molecule has 8 nitrogen and oxygen atoms in total. The number of ketones is 2. The van der Waals surface area contributed by atoms with Crippen LogP contribution in [0.4, 0.5) is 5.69 Å². The van der Waals surface area contributed by atoms with E-state index in [2.05, 4.69) is 4.72 Å². The molecule has 31 heavy (non-hydrogen) atoms. The average Bonchev–Trinajstić information content (AvgIpc) is 2.76. The van der Waals surface area contributed by atoms with E-state index in [1.807, 2.05) is 0 Å². The van der Waals surface area contributed by atoms with Crippen LogP contribution in [0.2, 0.25) is 5.02 Å². The summed E-state index contributed by atoms with van der Waals surface area (Å²) in [4.78, 5) is 36.8. The Balaban J connectivity index is 1.68. The molecule has 1 aliphatic rings. The highest BCUT2D eigenvalue weighted by atomic mass is 35.5. The summed E-state index contributed by atoms with van der Waals surface area (Å²) < 4.78 is 27.9. The Morgan fingerprint density at radius 1 is 0.806 bits per heavy atom. The largest absolute Gasteiger partial charge is 0.289 e. The lowest BCUT2D eigenvalue weighted by atomic mass is 9.84. The molecular weight excluding hydrogens is 444 g/mol. The zero-order valence-electron chi connectivity index (χ0n) is 15.5. The predicted octanol–water partition coefficient (Wildman–Crippen LogP) is 3.04. The first kappa shape index (κ1) is 20.7. The second-order valence-corrected chi connectivity index (χ2v) is 8.80. The molecule has 156 valence electrons. The normalized spacial score (nSPS) is 12.7. The fourth-order valence-corrected chi connectivity index (χ4v) is 4.49. The Morgan fingerprint density at radius 2 is 1.39 bits per heavy atom. The van der Waals surface area contributed by atoms with Crippen LogP contribution in [0, 0.1) is 0 Å². The minimum absolute atomic E-state index is 0.0300. The highest BCUT2D eigenvalue weighted by Gasteiger charge is 2.31. The van der Waals surface area contributed by atoms with Crippen molar-refractivity contribution in [3.63, 3.8) is 0 Å². The Bertz CT molecular complexity index is 1370. The van der Waals surface area contributed by atoms with Gasteiger partial charge in [-0.3, -0.25) is 24.3 Å². The molecule has 0 unspecified atom stereocenters. The van der Waals surface area contributed by atoms with Crippen molar-refractivity contribution < 1.29 is 28.0 Å². The summed E-state index contributed by atoms with van der Waals surface area (Å²) in [7, 11) is -4.10. The van der Waals surface area contributed by atoms with Crippen molar-refractivity contribution in [2.24, 2.45) is 0 Å². The number of hydrogen-bond acceptors (Lipinski definition) is 6. The lowest BCUT2D eigenvalue weighted by molar-refractivity contribution is 0.0706. The number of amides is 1. The Morgan fingerprint density at radius 3 is 2.03 bits per heavy atom. The van der Waals surface area contributed by atoms with Gasteiger partial charge in [0.05, 0.1) is 4.90 Å². The van der Waals surface area contributed by atoms with Crippen LogP contribution in [0.15, 0.2) is 65.6 Å². The maximum Gasteiger partial charge on any atom is 0.274 e. The van der Waals surface area contributed by atoms with E-state index in [4.69, 9.17) is 16.8 Å². The number of carbonyl (C=O) groups is 3. The standard InChI is InChI=1S/C21H13ClN2O6S/c22-12-3-7-15-17(9-12)20(26)18-10-14(6-8-16(18)19(15)25)31(29,30)24-13-4-1-11(2-5-13)21(27)23-28/h1-10,24,28H,(H,23,27). The summed E-state index contributed by atoms with van der Waals surface area (Å²) in [6.45, 7) is 0. The summed E-state index contributed by atoms with van der Waals surface area (Å²) in [5.74, 6) is -1.63. The molecule has 0 radical (unpaired) electrons. The molecule has 3 aromatic carbocycles. The maximum atomic E-state index is 12.9. The molecule has 0 bridgehead atoms. The van der Waals surface area contributed by atoms with Crippen LogP contribution in [-0.2, 0) is 10.0 Å². The number of rotatable bonds is 4. The van der Waals surface area contributed by atoms with E-state index in [0.717, 1.165) is 6.07 Å². The van der Waals surface area contributed by atoms with Crippen LogP contribution in [0.1, 0.15) is 42.2 Å². The van der Waals surface area contributed by atoms with E-state index in [0.29, 0.717) is 0 Å². The minimum Gasteiger partial charge on any atom is -0.289 e. The van der Waals surface area contributed by atoms with Gasteiger partial charge in [0.1, 0.15) is 0 Å². The summed E-state index contributed by atoms with van der Waals surface area (Å²) in [6, 6.07) is 13.4. The van der Waals surface area contributed by atoms with Crippen LogP contribution in [-0.4, -0.2) is 31.1 Å². The third-order valence-corrected chi connectivity index (χ3v) is 6.38. The smallest absolute Gasteiger partial charge is 0.274 e. The van der Waals surface area contributed by atoms with Gasteiger partial charge in [-0.05, 0) is 60.7 Å². The number of sulfonamides is 1. The predicted molar refractivity (Wildman–Crippen MR) is 111 cm³/mol. The van der Waals surface area contributed by atoms with E-state index in [9.17, 15) is 22.8 Å². The van der Waals surface area contributed by atoms with E-state index in [1.165, 1.54) is 60.1 Å². The van der Waals surface area contributed by atoms with Gasteiger partial charge in [0, 0.05) is 38.5 Å². The monoisotopic (exact) mass is 456 g/mol. The number of hydrogen-bond donors (Lipinski definition) is 3. The number of carbonyl (C=O) groups excluding carboxylic acids is 3. The van der Waals surface area contributed by atoms with Gasteiger partial charge in [-0.15, -0.1) is 0 Å². The van der Waals surface area contributed by atoms with Crippen molar-refractivity contribution >= 4 is 44.8 Å². The van der Waals surface area contributed by atoms with Crippen molar-refractivity contribution in [2.45, 2.75) is 4.90 Å². The van der Waals surface area contributed by atoms with Gasteiger partial charge in [0.2, 0.25) is 0 Å².